The number of hydrogen-bond acceptors (Lipinski definition) is 3. The molecule has 7 heteroatoms. The average Bonchev–Trinajstić information content (AvgIpc) is 3.14. The van der Waals surface area contributed by atoms with Gasteiger partial charge in [0.05, 0.1) is 11.4 Å². The van der Waals surface area contributed by atoms with Crippen molar-refractivity contribution in [3.63, 3.8) is 0 Å². The van der Waals surface area contributed by atoms with E-state index in [4.69, 9.17) is 11.6 Å². The average molecular weight is 455 g/mol. The predicted octanol–water partition coefficient (Wildman–Crippen LogP) is 6.43. The quantitative estimate of drug-likeness (QED) is 0.426. The van der Waals surface area contributed by atoms with Crippen LogP contribution < -0.4 is 0 Å². The van der Waals surface area contributed by atoms with E-state index in [1.807, 2.05) is 26.8 Å². The highest BCUT2D eigenvalue weighted by Gasteiger charge is 2.35. The van der Waals surface area contributed by atoms with Crippen molar-refractivity contribution < 1.29 is 14.0 Å². The van der Waals surface area contributed by atoms with E-state index >= 15 is 0 Å². The summed E-state index contributed by atoms with van der Waals surface area (Å²) in [6, 6.07) is 14.1. The Bertz CT molecular complexity index is 1230. The Hall–Kier alpha value is -2.83. The van der Waals surface area contributed by atoms with Crippen molar-refractivity contribution in [3.05, 3.63) is 92.4 Å². The monoisotopic (exact) mass is 454 g/mol. The van der Waals surface area contributed by atoms with Crippen LogP contribution in [0.4, 0.5) is 9.18 Å². The molecule has 1 aromatic heterocycles. The van der Waals surface area contributed by atoms with Crippen LogP contribution in [-0.2, 0) is 11.3 Å². The lowest BCUT2D eigenvalue weighted by Gasteiger charge is -2.13. The standard InChI is InChI=1S/C24H20ClFN2O2S/c1-14-4-8-20(9-5-14)28-15(2)10-18(16(28)3)11-22-23(29)27(24(30)31-22)13-17-6-7-19(26)12-21(17)25/h4-12H,13H2,1-3H3/b22-11-. The molecular weight excluding hydrogens is 435 g/mol. The van der Waals surface area contributed by atoms with Gasteiger partial charge in [-0.2, -0.15) is 0 Å². The zero-order chi connectivity index (χ0) is 22.3. The van der Waals surface area contributed by atoms with Gasteiger partial charge in [0.25, 0.3) is 11.1 Å². The number of hydrogen-bond donors (Lipinski definition) is 0. The number of aromatic nitrogens is 1. The molecule has 0 aliphatic carbocycles. The molecule has 158 valence electrons. The molecule has 4 nitrogen and oxygen atoms in total. The van der Waals surface area contributed by atoms with E-state index in [9.17, 15) is 14.0 Å². The van der Waals surface area contributed by atoms with Gasteiger partial charge in [-0.1, -0.05) is 35.4 Å². The minimum atomic E-state index is -0.466. The molecule has 0 radical (unpaired) electrons. The summed E-state index contributed by atoms with van der Waals surface area (Å²) >= 11 is 6.96. The summed E-state index contributed by atoms with van der Waals surface area (Å²) in [5.41, 5.74) is 5.63. The highest BCUT2D eigenvalue weighted by Crippen LogP contribution is 2.35. The Morgan fingerprint density at radius 3 is 2.42 bits per heavy atom. The lowest BCUT2D eigenvalue weighted by molar-refractivity contribution is -0.123. The highest BCUT2D eigenvalue weighted by atomic mass is 35.5. The number of benzene rings is 2. The first-order chi connectivity index (χ1) is 14.7. The summed E-state index contributed by atoms with van der Waals surface area (Å²) < 4.78 is 15.4. The maximum atomic E-state index is 13.3. The second kappa shape index (κ2) is 8.36. The Morgan fingerprint density at radius 2 is 1.74 bits per heavy atom. The number of thioether (sulfide) groups is 1. The van der Waals surface area contributed by atoms with Crippen LogP contribution in [-0.4, -0.2) is 20.6 Å². The van der Waals surface area contributed by atoms with Gasteiger partial charge in [-0.25, -0.2) is 4.39 Å². The molecule has 1 aliphatic rings. The molecule has 1 aliphatic heterocycles. The number of carbonyl (C=O) groups excluding carboxylic acids is 2. The lowest BCUT2D eigenvalue weighted by Crippen LogP contribution is -2.27. The summed E-state index contributed by atoms with van der Waals surface area (Å²) in [5.74, 6) is -0.845. The topological polar surface area (TPSA) is 42.3 Å². The lowest BCUT2D eigenvalue weighted by atomic mass is 10.2. The van der Waals surface area contributed by atoms with E-state index < -0.39 is 5.82 Å². The van der Waals surface area contributed by atoms with E-state index in [0.29, 0.717) is 10.5 Å². The van der Waals surface area contributed by atoms with Crippen LogP contribution >= 0.6 is 23.4 Å². The minimum absolute atomic E-state index is 0.00348. The maximum Gasteiger partial charge on any atom is 0.293 e. The van der Waals surface area contributed by atoms with Crippen molar-refractivity contribution in [2.24, 2.45) is 0 Å². The van der Waals surface area contributed by atoms with Gasteiger partial charge in [0, 0.05) is 22.1 Å². The van der Waals surface area contributed by atoms with Crippen LogP contribution in [0.3, 0.4) is 0 Å². The highest BCUT2D eigenvalue weighted by molar-refractivity contribution is 8.18. The maximum absolute atomic E-state index is 13.3. The fourth-order valence-electron chi connectivity index (χ4n) is 3.62. The van der Waals surface area contributed by atoms with Crippen molar-refractivity contribution in [1.82, 2.24) is 9.47 Å². The van der Waals surface area contributed by atoms with Crippen molar-refractivity contribution in [2.75, 3.05) is 0 Å². The molecule has 31 heavy (non-hydrogen) atoms. The van der Waals surface area contributed by atoms with Crippen LogP contribution in [0, 0.1) is 26.6 Å². The summed E-state index contributed by atoms with van der Waals surface area (Å²) in [4.78, 5) is 26.9. The van der Waals surface area contributed by atoms with Crippen LogP contribution in [0.25, 0.3) is 11.8 Å². The second-order valence-corrected chi connectivity index (χ2v) is 8.90. The summed E-state index contributed by atoms with van der Waals surface area (Å²) in [7, 11) is 0. The summed E-state index contributed by atoms with van der Waals surface area (Å²) in [6.07, 6.45) is 1.75. The van der Waals surface area contributed by atoms with Gasteiger partial charge in [0.2, 0.25) is 0 Å². The molecular formula is C24H20ClFN2O2S. The van der Waals surface area contributed by atoms with E-state index in [0.717, 1.165) is 39.3 Å². The van der Waals surface area contributed by atoms with Gasteiger partial charge >= 0.3 is 0 Å². The summed E-state index contributed by atoms with van der Waals surface area (Å²) in [6.45, 7) is 6.04. The van der Waals surface area contributed by atoms with Crippen molar-refractivity contribution in [3.8, 4) is 5.69 Å². The normalized spacial score (nSPS) is 15.4. The predicted molar refractivity (Wildman–Crippen MR) is 123 cm³/mol. The first kappa shape index (κ1) is 21.4. The van der Waals surface area contributed by atoms with E-state index in [1.54, 1.807) is 6.08 Å². The van der Waals surface area contributed by atoms with Crippen molar-refractivity contribution in [2.45, 2.75) is 27.3 Å². The van der Waals surface area contributed by atoms with Gasteiger partial charge in [-0.15, -0.1) is 0 Å². The molecule has 3 aromatic rings. The van der Waals surface area contributed by atoms with E-state index in [2.05, 4.69) is 28.8 Å². The fraction of sp³-hybridized carbons (Fsp3) is 0.167. The SMILES string of the molecule is Cc1ccc(-n2c(C)cc(/C=C3\SC(=O)N(Cc4ccc(F)cc4Cl)C3=O)c2C)cc1. The third-order valence-electron chi connectivity index (χ3n) is 5.27. The molecule has 1 fully saturated rings. The Balaban J connectivity index is 1.62. The molecule has 0 bridgehead atoms. The number of amides is 2. The third-order valence-corrected chi connectivity index (χ3v) is 6.53. The van der Waals surface area contributed by atoms with E-state index in [1.165, 1.54) is 23.8 Å². The van der Waals surface area contributed by atoms with Crippen LogP contribution in [0.15, 0.2) is 53.4 Å². The van der Waals surface area contributed by atoms with Gasteiger partial charge in [-0.05, 0) is 80.1 Å². The first-order valence-electron chi connectivity index (χ1n) is 9.70. The molecule has 2 heterocycles. The van der Waals surface area contributed by atoms with Crippen molar-refractivity contribution >= 4 is 40.6 Å². The Labute approximate surface area is 189 Å². The zero-order valence-electron chi connectivity index (χ0n) is 17.3. The van der Waals surface area contributed by atoms with Crippen LogP contribution in [0.1, 0.15) is 28.1 Å². The zero-order valence-corrected chi connectivity index (χ0v) is 18.9. The third kappa shape index (κ3) is 4.18. The van der Waals surface area contributed by atoms with Gasteiger partial charge in [0.1, 0.15) is 5.82 Å². The Kier molecular flexibility index (Phi) is 5.77. The van der Waals surface area contributed by atoms with E-state index in [-0.39, 0.29) is 22.7 Å². The molecule has 1 saturated heterocycles. The van der Waals surface area contributed by atoms with Crippen molar-refractivity contribution in [1.29, 1.82) is 0 Å². The molecule has 0 unspecified atom stereocenters. The number of nitrogens with zero attached hydrogens (tertiary/aromatic N) is 2. The number of imide groups is 1. The molecule has 4 rings (SSSR count). The number of aryl methyl sites for hydroxylation is 2. The largest absolute Gasteiger partial charge is 0.318 e. The molecule has 0 saturated carbocycles. The molecule has 0 atom stereocenters. The van der Waals surface area contributed by atoms with Gasteiger partial charge in [-0.3, -0.25) is 14.5 Å². The first-order valence-corrected chi connectivity index (χ1v) is 10.9. The molecule has 0 N–H and O–H groups in total. The van der Waals surface area contributed by atoms with Crippen LogP contribution in [0.2, 0.25) is 5.02 Å². The molecule has 2 amide bonds. The Morgan fingerprint density at radius 1 is 1.03 bits per heavy atom. The number of carbonyl (C=O) groups is 2. The second-order valence-electron chi connectivity index (χ2n) is 7.50. The molecule has 2 aromatic carbocycles. The number of halogens is 2. The fourth-order valence-corrected chi connectivity index (χ4v) is 4.68. The summed E-state index contributed by atoms with van der Waals surface area (Å²) in [5, 5.41) is -0.186. The van der Waals surface area contributed by atoms with Gasteiger partial charge < -0.3 is 4.57 Å². The smallest absolute Gasteiger partial charge is 0.293 e. The number of rotatable bonds is 4. The minimum Gasteiger partial charge on any atom is -0.318 e. The molecule has 0 spiro atoms. The van der Waals surface area contributed by atoms with Gasteiger partial charge in [0.15, 0.2) is 0 Å². The van der Waals surface area contributed by atoms with Crippen LogP contribution in [0.5, 0.6) is 0 Å².